The number of unbranched alkanes of at least 4 members (excludes halogenated alkanes) is 1. The Balaban J connectivity index is 3.03. The average Bonchev–Trinajstić information content (AvgIpc) is 2.20. The minimum absolute atomic E-state index is 0.318. The van der Waals surface area contributed by atoms with Crippen molar-refractivity contribution in [2.45, 2.75) is 26.7 Å². The van der Waals surface area contributed by atoms with Crippen molar-refractivity contribution in [2.24, 2.45) is 0 Å². The smallest absolute Gasteiger partial charge is 0.362 e. The molecule has 0 saturated heterocycles. The van der Waals surface area contributed by atoms with Crippen LogP contribution in [-0.4, -0.2) is 16.3 Å². The van der Waals surface area contributed by atoms with Crippen LogP contribution in [0.25, 0.3) is 0 Å². The molecular formula is C9H13BrN2O3. The Bertz CT molecular complexity index is 450. The van der Waals surface area contributed by atoms with Crippen molar-refractivity contribution in [3.63, 3.8) is 0 Å². The molecule has 0 aliphatic rings. The molecule has 84 valence electrons. The fraction of sp³-hybridized carbons (Fsp3) is 0.556. The first-order chi connectivity index (χ1) is 7.07. The molecule has 1 N–H and O–H groups in total. The van der Waals surface area contributed by atoms with Crippen LogP contribution in [-0.2, 0) is 0 Å². The largest absolute Gasteiger partial charge is 0.406 e. The molecular weight excluding hydrogens is 264 g/mol. The van der Waals surface area contributed by atoms with E-state index in [1.54, 1.807) is 6.92 Å². The van der Waals surface area contributed by atoms with E-state index in [1.807, 2.05) is 6.92 Å². The van der Waals surface area contributed by atoms with Gasteiger partial charge >= 0.3 is 11.2 Å². The average molecular weight is 277 g/mol. The highest BCUT2D eigenvalue weighted by Crippen LogP contribution is 2.03. The van der Waals surface area contributed by atoms with E-state index >= 15 is 0 Å². The van der Waals surface area contributed by atoms with Gasteiger partial charge in [-0.3, -0.25) is 4.79 Å². The summed E-state index contributed by atoms with van der Waals surface area (Å²) in [5.41, 5.74) is -0.510. The summed E-state index contributed by atoms with van der Waals surface area (Å²) in [6.07, 6.45) is 1.75. The third kappa shape index (κ3) is 2.71. The Hall–Kier alpha value is -1.04. The van der Waals surface area contributed by atoms with E-state index in [-0.39, 0.29) is 0 Å². The topological polar surface area (TPSA) is 64.1 Å². The van der Waals surface area contributed by atoms with Gasteiger partial charge in [-0.2, -0.15) is 0 Å². The molecule has 1 aromatic rings. The van der Waals surface area contributed by atoms with Crippen LogP contribution in [0.2, 0.25) is 0 Å². The lowest BCUT2D eigenvalue weighted by molar-refractivity contribution is 0.0883. The molecule has 1 heterocycles. The Kier molecular flexibility index (Phi) is 4.14. The lowest BCUT2D eigenvalue weighted by Crippen LogP contribution is -2.41. The van der Waals surface area contributed by atoms with Crippen molar-refractivity contribution >= 4 is 15.9 Å². The van der Waals surface area contributed by atoms with E-state index in [0.29, 0.717) is 16.8 Å². The fourth-order valence-corrected chi connectivity index (χ4v) is 1.29. The summed E-state index contributed by atoms with van der Waals surface area (Å²) in [5.74, 6) is 0. The molecule has 0 aliphatic carbocycles. The lowest BCUT2D eigenvalue weighted by atomic mass is 10.4. The highest BCUT2D eigenvalue weighted by molar-refractivity contribution is 9.10. The molecule has 5 nitrogen and oxygen atoms in total. The Morgan fingerprint density at radius 1 is 1.47 bits per heavy atom. The van der Waals surface area contributed by atoms with Gasteiger partial charge in [-0.1, -0.05) is 18.1 Å². The van der Waals surface area contributed by atoms with Gasteiger partial charge in [0, 0.05) is 5.69 Å². The normalized spacial score (nSPS) is 10.3. The van der Waals surface area contributed by atoms with Gasteiger partial charge in [0.1, 0.15) is 11.1 Å². The zero-order valence-electron chi connectivity index (χ0n) is 8.67. The van der Waals surface area contributed by atoms with Crippen LogP contribution in [0.4, 0.5) is 0 Å². The van der Waals surface area contributed by atoms with Crippen LogP contribution >= 0.6 is 15.9 Å². The molecule has 0 unspecified atom stereocenters. The summed E-state index contributed by atoms with van der Waals surface area (Å²) in [5, 5.41) is 0. The number of aromatic nitrogens is 2. The molecule has 0 amide bonds. The number of hydrogen-bond donors (Lipinski definition) is 1. The monoisotopic (exact) mass is 276 g/mol. The molecule has 0 aliphatic heterocycles. The van der Waals surface area contributed by atoms with Crippen molar-refractivity contribution in [3.05, 3.63) is 31.0 Å². The van der Waals surface area contributed by atoms with Crippen molar-refractivity contribution in [1.82, 2.24) is 9.71 Å². The summed E-state index contributed by atoms with van der Waals surface area (Å²) in [6.45, 7) is 4.00. The second-order valence-corrected chi connectivity index (χ2v) is 3.95. The number of nitrogens with zero attached hydrogens (tertiary/aromatic N) is 1. The van der Waals surface area contributed by atoms with E-state index in [4.69, 9.17) is 4.84 Å². The predicted octanol–water partition coefficient (Wildman–Crippen LogP) is 0.836. The van der Waals surface area contributed by atoms with Gasteiger partial charge in [0.2, 0.25) is 0 Å². The maximum absolute atomic E-state index is 11.6. The quantitative estimate of drug-likeness (QED) is 0.829. The SMILES string of the molecule is CCCCOn1c(=O)[nH]c(C)c(Br)c1=O. The molecule has 0 saturated carbocycles. The minimum atomic E-state index is -0.545. The minimum Gasteiger partial charge on any atom is -0.406 e. The summed E-state index contributed by atoms with van der Waals surface area (Å²) in [7, 11) is 0. The van der Waals surface area contributed by atoms with Crippen LogP contribution in [0.15, 0.2) is 14.1 Å². The summed E-state index contributed by atoms with van der Waals surface area (Å²) in [6, 6.07) is 0. The molecule has 0 bridgehead atoms. The van der Waals surface area contributed by atoms with Gasteiger partial charge in [-0.25, -0.2) is 4.79 Å². The summed E-state index contributed by atoms with van der Waals surface area (Å²) >= 11 is 3.09. The van der Waals surface area contributed by atoms with E-state index in [2.05, 4.69) is 20.9 Å². The van der Waals surface area contributed by atoms with E-state index in [0.717, 1.165) is 17.6 Å². The zero-order valence-corrected chi connectivity index (χ0v) is 10.3. The predicted molar refractivity (Wildman–Crippen MR) is 60.1 cm³/mol. The second kappa shape index (κ2) is 5.16. The molecule has 15 heavy (non-hydrogen) atoms. The second-order valence-electron chi connectivity index (χ2n) is 3.16. The summed E-state index contributed by atoms with van der Waals surface area (Å²) < 4.78 is 1.06. The molecule has 1 aromatic heterocycles. The number of rotatable bonds is 4. The molecule has 0 aromatic carbocycles. The molecule has 0 fully saturated rings. The van der Waals surface area contributed by atoms with Crippen molar-refractivity contribution < 1.29 is 4.84 Å². The molecule has 0 spiro atoms. The first-order valence-corrected chi connectivity index (χ1v) is 5.52. The highest BCUT2D eigenvalue weighted by atomic mass is 79.9. The number of hydrogen-bond acceptors (Lipinski definition) is 3. The van der Waals surface area contributed by atoms with E-state index < -0.39 is 11.2 Å². The molecule has 0 radical (unpaired) electrons. The van der Waals surface area contributed by atoms with Crippen molar-refractivity contribution in [3.8, 4) is 0 Å². The van der Waals surface area contributed by atoms with Gasteiger partial charge in [0.15, 0.2) is 0 Å². The molecule has 6 heteroatoms. The maximum atomic E-state index is 11.6. The first kappa shape index (κ1) is 12.0. The lowest BCUT2D eigenvalue weighted by Gasteiger charge is -2.07. The summed E-state index contributed by atoms with van der Waals surface area (Å²) in [4.78, 5) is 30.5. The van der Waals surface area contributed by atoms with Gasteiger partial charge < -0.3 is 9.82 Å². The van der Waals surface area contributed by atoms with Gasteiger partial charge in [-0.05, 0) is 29.3 Å². The van der Waals surface area contributed by atoms with Crippen molar-refractivity contribution in [2.75, 3.05) is 6.61 Å². The van der Waals surface area contributed by atoms with Gasteiger partial charge in [-0.15, -0.1) is 0 Å². The molecule has 0 atom stereocenters. The highest BCUT2D eigenvalue weighted by Gasteiger charge is 2.09. The van der Waals surface area contributed by atoms with Crippen molar-refractivity contribution in [1.29, 1.82) is 0 Å². The van der Waals surface area contributed by atoms with Crippen LogP contribution in [0, 0.1) is 6.92 Å². The molecule has 1 rings (SSSR count). The number of aryl methyl sites for hydroxylation is 1. The third-order valence-electron chi connectivity index (χ3n) is 1.90. The maximum Gasteiger partial charge on any atom is 0.362 e. The van der Waals surface area contributed by atoms with E-state index in [9.17, 15) is 9.59 Å². The van der Waals surface area contributed by atoms with Crippen LogP contribution in [0.1, 0.15) is 25.5 Å². The van der Waals surface area contributed by atoms with Crippen LogP contribution < -0.4 is 16.1 Å². The Morgan fingerprint density at radius 3 is 2.73 bits per heavy atom. The number of nitrogens with one attached hydrogen (secondary N) is 1. The number of aromatic amines is 1. The van der Waals surface area contributed by atoms with E-state index in [1.165, 1.54) is 0 Å². The van der Waals surface area contributed by atoms with Crippen LogP contribution in [0.3, 0.4) is 0 Å². The Morgan fingerprint density at radius 2 is 2.13 bits per heavy atom. The van der Waals surface area contributed by atoms with Gasteiger partial charge in [0.05, 0.1) is 0 Å². The van der Waals surface area contributed by atoms with Gasteiger partial charge in [0.25, 0.3) is 0 Å². The van der Waals surface area contributed by atoms with Crippen LogP contribution in [0.5, 0.6) is 0 Å². The first-order valence-electron chi connectivity index (χ1n) is 4.72. The number of halogens is 1. The fourth-order valence-electron chi connectivity index (χ4n) is 1.03. The Labute approximate surface area is 95.2 Å². The zero-order chi connectivity index (χ0) is 11.4. The standard InChI is InChI=1S/C9H13BrN2O3/c1-3-4-5-15-12-8(13)7(10)6(2)11-9(12)14/h3-5H2,1-2H3,(H,11,14). The number of H-pyrrole nitrogens is 1. The third-order valence-corrected chi connectivity index (χ3v) is 2.83.